The number of fused-ring (bicyclic) bond motifs is 2. The van der Waals surface area contributed by atoms with Gasteiger partial charge in [0.2, 0.25) is 0 Å². The van der Waals surface area contributed by atoms with E-state index in [2.05, 4.69) is 10.3 Å². The lowest BCUT2D eigenvalue weighted by Crippen LogP contribution is -2.29. The molecule has 1 fully saturated rings. The van der Waals surface area contributed by atoms with Crippen molar-refractivity contribution in [2.45, 2.75) is 37.7 Å². The molecule has 1 aliphatic carbocycles. The van der Waals surface area contributed by atoms with Crippen molar-refractivity contribution in [2.75, 3.05) is 5.32 Å². The minimum atomic E-state index is -0.694. The number of nitrogens with one attached hydrogen (secondary N) is 1. The quantitative estimate of drug-likeness (QED) is 0.474. The van der Waals surface area contributed by atoms with Gasteiger partial charge in [-0.1, -0.05) is 36.8 Å². The van der Waals surface area contributed by atoms with Gasteiger partial charge in [-0.15, -0.1) is 0 Å². The van der Waals surface area contributed by atoms with Crippen molar-refractivity contribution in [2.24, 2.45) is 0 Å². The number of hydrogen-bond acceptors (Lipinski definition) is 5. The number of amides is 1. The number of carbonyl (C=O) groups excluding carboxylic acids is 3. The van der Waals surface area contributed by atoms with Gasteiger partial charge >= 0.3 is 5.97 Å². The summed E-state index contributed by atoms with van der Waals surface area (Å²) in [4.78, 5) is 42.7. The number of carbonyl (C=O) groups is 3. The summed E-state index contributed by atoms with van der Waals surface area (Å²) in [6.45, 7) is 0. The summed E-state index contributed by atoms with van der Waals surface area (Å²) >= 11 is 0. The summed E-state index contributed by atoms with van der Waals surface area (Å²) in [5.41, 5.74) is 2.08. The molecule has 1 aromatic heterocycles. The maximum atomic E-state index is 13.0. The molecule has 1 spiro atoms. The highest BCUT2D eigenvalue weighted by molar-refractivity contribution is 6.13. The van der Waals surface area contributed by atoms with Crippen molar-refractivity contribution in [1.29, 1.82) is 0 Å². The van der Waals surface area contributed by atoms with Crippen LogP contribution < -0.4 is 5.32 Å². The average Bonchev–Trinajstić information content (AvgIpc) is 3.11. The molecule has 0 atom stereocenters. The topological polar surface area (TPSA) is 85.4 Å². The van der Waals surface area contributed by atoms with Crippen molar-refractivity contribution in [1.82, 2.24) is 4.98 Å². The van der Waals surface area contributed by atoms with E-state index in [1.807, 2.05) is 18.2 Å². The van der Waals surface area contributed by atoms with Crippen LogP contribution in [0.4, 0.5) is 5.69 Å². The molecule has 5 rings (SSSR count). The van der Waals surface area contributed by atoms with E-state index in [1.165, 1.54) is 0 Å². The van der Waals surface area contributed by atoms with Crippen LogP contribution in [0.3, 0.4) is 0 Å². The van der Waals surface area contributed by atoms with Crippen molar-refractivity contribution in [3.63, 3.8) is 0 Å². The molecule has 6 heteroatoms. The largest absolute Gasteiger partial charge is 0.449 e. The third-order valence-corrected chi connectivity index (χ3v) is 6.22. The lowest BCUT2D eigenvalue weighted by Gasteiger charge is -2.31. The van der Waals surface area contributed by atoms with Gasteiger partial charge in [0.1, 0.15) is 0 Å². The number of hydrogen-bond donors (Lipinski definition) is 1. The van der Waals surface area contributed by atoms with Gasteiger partial charge < -0.3 is 10.1 Å². The molecule has 0 bridgehead atoms. The number of nitrogens with zero attached hydrogens (tertiary/aromatic N) is 1. The Bertz CT molecular complexity index is 1200. The van der Waals surface area contributed by atoms with Crippen molar-refractivity contribution >= 4 is 23.3 Å². The van der Waals surface area contributed by atoms with E-state index in [0.717, 1.165) is 32.1 Å². The van der Waals surface area contributed by atoms with E-state index in [4.69, 9.17) is 4.74 Å². The summed E-state index contributed by atoms with van der Waals surface area (Å²) in [5.74, 6) is -0.976. The Morgan fingerprint density at radius 1 is 0.875 bits per heavy atom. The molecule has 2 aromatic carbocycles. The minimum absolute atomic E-state index is 0.0871. The number of ether oxygens (including phenoxy) is 1. The van der Waals surface area contributed by atoms with E-state index < -0.39 is 17.5 Å². The Morgan fingerprint density at radius 2 is 1.56 bits per heavy atom. The monoisotopic (exact) mass is 426 g/mol. The summed E-state index contributed by atoms with van der Waals surface area (Å²) < 4.78 is 5.77. The molecule has 1 N–H and O–H groups in total. The maximum absolute atomic E-state index is 13.0. The molecular formula is C26H22N2O4. The standard InChI is InChI=1S/C26H22N2O4/c29-22(17-7-3-1-4-8-17)18-9-11-19(12-10-18)28-24(30)20-13-16-27-23-21(20)25(31)32-26(23)14-5-2-6-15-26/h1,3-4,7-13,16H,2,5-6,14-15H2,(H,28,30). The molecule has 1 saturated carbocycles. The second-order valence-electron chi connectivity index (χ2n) is 8.25. The summed E-state index contributed by atoms with van der Waals surface area (Å²) in [6, 6.07) is 17.3. The minimum Gasteiger partial charge on any atom is -0.449 e. The molecule has 0 radical (unpaired) electrons. The Labute approximate surface area is 185 Å². The zero-order valence-electron chi connectivity index (χ0n) is 17.5. The first-order valence-corrected chi connectivity index (χ1v) is 10.8. The molecule has 32 heavy (non-hydrogen) atoms. The van der Waals surface area contributed by atoms with Crippen LogP contribution in [0.25, 0.3) is 0 Å². The number of rotatable bonds is 4. The highest BCUT2D eigenvalue weighted by Crippen LogP contribution is 2.46. The maximum Gasteiger partial charge on any atom is 0.341 e. The van der Waals surface area contributed by atoms with Crippen LogP contribution in [0.5, 0.6) is 0 Å². The van der Waals surface area contributed by atoms with Gasteiger partial charge in [0.15, 0.2) is 11.4 Å². The van der Waals surface area contributed by atoms with Crippen LogP contribution in [0.1, 0.15) is 74.4 Å². The van der Waals surface area contributed by atoms with E-state index in [9.17, 15) is 14.4 Å². The normalized spacial score (nSPS) is 16.3. The molecule has 1 amide bonds. The highest BCUT2D eigenvalue weighted by atomic mass is 16.6. The molecule has 2 aliphatic rings. The van der Waals surface area contributed by atoms with Gasteiger partial charge in [-0.3, -0.25) is 14.6 Å². The van der Waals surface area contributed by atoms with E-state index in [-0.39, 0.29) is 16.9 Å². The van der Waals surface area contributed by atoms with Crippen molar-refractivity contribution < 1.29 is 19.1 Å². The molecule has 160 valence electrons. The van der Waals surface area contributed by atoms with Gasteiger partial charge in [0.25, 0.3) is 5.91 Å². The zero-order chi connectivity index (χ0) is 22.1. The first-order chi connectivity index (χ1) is 15.6. The Balaban J connectivity index is 1.37. The fourth-order valence-electron chi connectivity index (χ4n) is 4.60. The first-order valence-electron chi connectivity index (χ1n) is 10.8. The third kappa shape index (κ3) is 3.47. The highest BCUT2D eigenvalue weighted by Gasteiger charge is 2.49. The fraction of sp³-hybridized carbons (Fsp3) is 0.231. The molecule has 1 aliphatic heterocycles. The molecule has 6 nitrogen and oxygen atoms in total. The van der Waals surface area contributed by atoms with E-state index in [1.54, 1.807) is 48.7 Å². The summed E-state index contributed by atoms with van der Waals surface area (Å²) in [6.07, 6.45) is 6.09. The Hall–Kier alpha value is -3.80. The van der Waals surface area contributed by atoms with Crippen LogP contribution in [0, 0.1) is 0 Å². The third-order valence-electron chi connectivity index (χ3n) is 6.22. The fourth-order valence-corrected chi connectivity index (χ4v) is 4.60. The van der Waals surface area contributed by atoms with Crippen LogP contribution in [0.2, 0.25) is 0 Å². The van der Waals surface area contributed by atoms with Gasteiger partial charge in [-0.2, -0.15) is 0 Å². The molecule has 2 heterocycles. The molecule has 0 unspecified atom stereocenters. The lowest BCUT2D eigenvalue weighted by molar-refractivity contribution is -0.0299. The van der Waals surface area contributed by atoms with Crippen LogP contribution in [0.15, 0.2) is 66.9 Å². The predicted octanol–water partition coefficient (Wildman–Crippen LogP) is 4.89. The smallest absolute Gasteiger partial charge is 0.341 e. The van der Waals surface area contributed by atoms with Crippen molar-refractivity contribution in [3.05, 3.63) is 94.8 Å². The van der Waals surface area contributed by atoms with Crippen molar-refractivity contribution in [3.8, 4) is 0 Å². The number of ketones is 1. The Morgan fingerprint density at radius 3 is 2.28 bits per heavy atom. The average molecular weight is 426 g/mol. The summed E-state index contributed by atoms with van der Waals surface area (Å²) in [5, 5.41) is 2.82. The van der Waals surface area contributed by atoms with Gasteiger partial charge in [0, 0.05) is 23.0 Å². The number of aromatic nitrogens is 1. The van der Waals surface area contributed by atoms with Gasteiger partial charge in [0.05, 0.1) is 16.8 Å². The lowest BCUT2D eigenvalue weighted by atomic mass is 9.81. The van der Waals surface area contributed by atoms with Crippen LogP contribution in [-0.4, -0.2) is 22.6 Å². The Kier molecular flexibility index (Phi) is 5.05. The molecule has 0 saturated heterocycles. The second-order valence-corrected chi connectivity index (χ2v) is 8.25. The predicted molar refractivity (Wildman–Crippen MR) is 119 cm³/mol. The molecule has 3 aromatic rings. The van der Waals surface area contributed by atoms with E-state index in [0.29, 0.717) is 22.5 Å². The van der Waals surface area contributed by atoms with Crippen LogP contribution in [-0.2, 0) is 10.3 Å². The second kappa shape index (κ2) is 8.04. The van der Waals surface area contributed by atoms with Gasteiger partial charge in [-0.05, 0) is 56.0 Å². The first kappa shape index (κ1) is 20.1. The number of pyridine rings is 1. The SMILES string of the molecule is O=C(c1ccccc1)c1ccc(NC(=O)c2ccnc3c2C(=O)OC32CCCCC2)cc1. The van der Waals surface area contributed by atoms with Crippen LogP contribution >= 0.6 is 0 Å². The molecular weight excluding hydrogens is 404 g/mol. The number of anilines is 1. The van der Waals surface area contributed by atoms with E-state index >= 15 is 0 Å². The summed E-state index contributed by atoms with van der Waals surface area (Å²) in [7, 11) is 0. The van der Waals surface area contributed by atoms with Gasteiger partial charge in [-0.25, -0.2) is 4.79 Å². The zero-order valence-corrected chi connectivity index (χ0v) is 17.5. The number of esters is 1. The number of benzene rings is 2.